The number of benzene rings is 1. The zero-order valence-electron chi connectivity index (χ0n) is 12.4. The predicted octanol–water partition coefficient (Wildman–Crippen LogP) is 2.33. The summed E-state index contributed by atoms with van der Waals surface area (Å²) in [5, 5.41) is 9.36. The van der Waals surface area contributed by atoms with Gasteiger partial charge in [-0.05, 0) is 30.5 Å². The van der Waals surface area contributed by atoms with Crippen molar-refractivity contribution in [3.05, 3.63) is 42.0 Å². The van der Waals surface area contributed by atoms with Gasteiger partial charge in [-0.2, -0.15) is 5.26 Å². The molecular formula is C18H15NO4. The van der Waals surface area contributed by atoms with Crippen molar-refractivity contribution >= 4 is 18.0 Å². The molecule has 23 heavy (non-hydrogen) atoms. The van der Waals surface area contributed by atoms with Crippen LogP contribution in [0, 0.1) is 28.6 Å². The predicted molar refractivity (Wildman–Crippen MR) is 79.9 cm³/mol. The third-order valence-electron chi connectivity index (χ3n) is 5.39. The van der Waals surface area contributed by atoms with Crippen molar-refractivity contribution < 1.29 is 19.1 Å². The van der Waals surface area contributed by atoms with E-state index < -0.39 is 29.6 Å². The molecule has 4 rings (SSSR count). The second-order valence-electron chi connectivity index (χ2n) is 6.46. The molecular weight excluding hydrogens is 294 g/mol. The highest BCUT2D eigenvalue weighted by Crippen LogP contribution is 2.62. The third kappa shape index (κ3) is 1.78. The van der Waals surface area contributed by atoms with E-state index in [4.69, 9.17) is 9.47 Å². The van der Waals surface area contributed by atoms with Crippen LogP contribution < -0.4 is 0 Å². The second kappa shape index (κ2) is 4.69. The largest absolute Gasteiger partial charge is 0.457 e. The van der Waals surface area contributed by atoms with E-state index in [0.717, 1.165) is 5.56 Å². The molecule has 0 aromatic heterocycles. The van der Waals surface area contributed by atoms with Gasteiger partial charge in [-0.3, -0.25) is 4.79 Å². The second-order valence-corrected chi connectivity index (χ2v) is 6.46. The number of nitrogens with zero attached hydrogens (tertiary/aromatic N) is 1. The quantitative estimate of drug-likeness (QED) is 0.801. The lowest BCUT2D eigenvalue weighted by Gasteiger charge is -2.27. The maximum absolute atomic E-state index is 12.3. The van der Waals surface area contributed by atoms with Crippen molar-refractivity contribution in [2.75, 3.05) is 0 Å². The van der Waals surface area contributed by atoms with Crippen molar-refractivity contribution in [1.82, 2.24) is 0 Å². The number of nitriles is 1. The Morgan fingerprint density at radius 1 is 1.43 bits per heavy atom. The van der Waals surface area contributed by atoms with E-state index >= 15 is 0 Å². The summed E-state index contributed by atoms with van der Waals surface area (Å²) in [4.78, 5) is 24.4. The Bertz CT molecular complexity index is 747. The standard InChI is InChI=1S/C18H15NO4/c1-2-10-3-5-11(6-4-10)16(20)22-14-12-7-13-15(14)23-17(21)18(13,8-12)9-19/h2-6,12-15H,1,7-8H2. The molecule has 3 fully saturated rings. The normalized spacial score (nSPS) is 36.4. The molecule has 116 valence electrons. The number of carbonyl (C=O) groups excluding carboxylic acids is 2. The fourth-order valence-electron chi connectivity index (χ4n) is 4.23. The minimum atomic E-state index is -1.01. The fraction of sp³-hybridized carbons (Fsp3) is 0.389. The van der Waals surface area contributed by atoms with Gasteiger partial charge in [0.15, 0.2) is 5.41 Å². The minimum absolute atomic E-state index is 0.0208. The molecule has 0 amide bonds. The molecule has 1 aromatic carbocycles. The Labute approximate surface area is 133 Å². The van der Waals surface area contributed by atoms with Gasteiger partial charge in [-0.25, -0.2) is 4.79 Å². The van der Waals surface area contributed by atoms with E-state index in [9.17, 15) is 14.9 Å². The highest BCUT2D eigenvalue weighted by atomic mass is 16.6. The van der Waals surface area contributed by atoms with E-state index in [0.29, 0.717) is 18.4 Å². The summed E-state index contributed by atoms with van der Waals surface area (Å²) in [6, 6.07) is 9.10. The first-order valence-electron chi connectivity index (χ1n) is 7.65. The Balaban J connectivity index is 1.53. The van der Waals surface area contributed by atoms with Crippen LogP contribution in [0.5, 0.6) is 0 Å². The summed E-state index contributed by atoms with van der Waals surface area (Å²) in [7, 11) is 0. The molecule has 5 unspecified atom stereocenters. The van der Waals surface area contributed by atoms with Crippen molar-refractivity contribution in [3.8, 4) is 6.07 Å². The Kier molecular flexibility index (Phi) is 2.86. The topological polar surface area (TPSA) is 76.4 Å². The fourth-order valence-corrected chi connectivity index (χ4v) is 4.23. The van der Waals surface area contributed by atoms with E-state index in [1.807, 2.05) is 0 Å². The van der Waals surface area contributed by atoms with Gasteiger partial charge in [0.2, 0.25) is 0 Å². The maximum atomic E-state index is 12.3. The van der Waals surface area contributed by atoms with Crippen LogP contribution in [0.2, 0.25) is 0 Å². The lowest BCUT2D eigenvalue weighted by molar-refractivity contribution is -0.147. The molecule has 1 saturated heterocycles. The highest BCUT2D eigenvalue weighted by Gasteiger charge is 2.72. The Morgan fingerprint density at radius 3 is 2.83 bits per heavy atom. The summed E-state index contributed by atoms with van der Waals surface area (Å²) < 4.78 is 11.0. The van der Waals surface area contributed by atoms with E-state index in [1.165, 1.54) is 0 Å². The Morgan fingerprint density at radius 2 is 2.17 bits per heavy atom. The zero-order chi connectivity index (χ0) is 16.2. The number of fused-ring (bicyclic) bond motifs is 1. The lowest BCUT2D eigenvalue weighted by Crippen LogP contribution is -2.39. The lowest BCUT2D eigenvalue weighted by atomic mass is 9.74. The van der Waals surface area contributed by atoms with Crippen molar-refractivity contribution in [2.24, 2.45) is 17.3 Å². The summed E-state index contributed by atoms with van der Waals surface area (Å²) in [5.41, 5.74) is 0.364. The van der Waals surface area contributed by atoms with Gasteiger partial charge in [0.05, 0.1) is 11.6 Å². The number of hydrogen-bond acceptors (Lipinski definition) is 5. The molecule has 5 nitrogen and oxygen atoms in total. The summed E-state index contributed by atoms with van der Waals surface area (Å²) in [6.07, 6.45) is 1.91. The number of ether oxygens (including phenoxy) is 2. The van der Waals surface area contributed by atoms with Gasteiger partial charge < -0.3 is 9.47 Å². The number of esters is 2. The molecule has 3 aliphatic rings. The van der Waals surface area contributed by atoms with Gasteiger partial charge in [-0.15, -0.1) is 0 Å². The van der Waals surface area contributed by atoms with Gasteiger partial charge in [0.25, 0.3) is 0 Å². The highest BCUT2D eigenvalue weighted by molar-refractivity contribution is 5.90. The molecule has 1 heterocycles. The van der Waals surface area contributed by atoms with Crippen LogP contribution >= 0.6 is 0 Å². The van der Waals surface area contributed by atoms with Gasteiger partial charge in [-0.1, -0.05) is 24.8 Å². The smallest absolute Gasteiger partial charge is 0.338 e. The van der Waals surface area contributed by atoms with E-state index in [-0.39, 0.29) is 11.8 Å². The molecule has 2 saturated carbocycles. The Hall–Kier alpha value is -2.61. The summed E-state index contributed by atoms with van der Waals surface area (Å²) in [5.74, 6) is -1.01. The molecule has 0 spiro atoms. The van der Waals surface area contributed by atoms with Crippen LogP contribution in [0.3, 0.4) is 0 Å². The van der Waals surface area contributed by atoms with E-state index in [1.54, 1.807) is 30.3 Å². The molecule has 2 aliphatic carbocycles. The molecule has 5 atom stereocenters. The van der Waals surface area contributed by atoms with Gasteiger partial charge in [0, 0.05) is 11.8 Å². The molecule has 0 N–H and O–H groups in total. The average Bonchev–Trinajstić information content (AvgIpc) is 3.17. The number of hydrogen-bond donors (Lipinski definition) is 0. The third-order valence-corrected chi connectivity index (χ3v) is 5.39. The van der Waals surface area contributed by atoms with Crippen LogP contribution in [0.1, 0.15) is 28.8 Å². The number of carbonyl (C=O) groups is 2. The molecule has 1 aromatic rings. The number of rotatable bonds is 3. The van der Waals surface area contributed by atoms with Crippen LogP contribution in [-0.4, -0.2) is 24.1 Å². The van der Waals surface area contributed by atoms with Crippen LogP contribution in [-0.2, 0) is 14.3 Å². The SMILES string of the molecule is C=Cc1ccc(C(=O)OC2C3CC4C2OC(=O)C4(C#N)C3)cc1. The summed E-state index contributed by atoms with van der Waals surface area (Å²) in [6.45, 7) is 3.67. The monoisotopic (exact) mass is 309 g/mol. The molecule has 2 bridgehead atoms. The van der Waals surface area contributed by atoms with Gasteiger partial charge in [0.1, 0.15) is 12.2 Å². The maximum Gasteiger partial charge on any atom is 0.338 e. The molecule has 0 radical (unpaired) electrons. The zero-order valence-corrected chi connectivity index (χ0v) is 12.4. The van der Waals surface area contributed by atoms with Gasteiger partial charge >= 0.3 is 11.9 Å². The molecule has 5 heteroatoms. The van der Waals surface area contributed by atoms with E-state index in [2.05, 4.69) is 12.6 Å². The average molecular weight is 309 g/mol. The van der Waals surface area contributed by atoms with Crippen LogP contribution in [0.4, 0.5) is 0 Å². The minimum Gasteiger partial charge on any atom is -0.457 e. The first kappa shape index (κ1) is 14.0. The first-order valence-corrected chi connectivity index (χ1v) is 7.65. The summed E-state index contributed by atoms with van der Waals surface area (Å²) >= 11 is 0. The van der Waals surface area contributed by atoms with Crippen LogP contribution in [0.25, 0.3) is 6.08 Å². The van der Waals surface area contributed by atoms with Crippen molar-refractivity contribution in [2.45, 2.75) is 25.0 Å². The van der Waals surface area contributed by atoms with Crippen molar-refractivity contribution in [1.29, 1.82) is 5.26 Å². The molecule has 1 aliphatic heterocycles. The van der Waals surface area contributed by atoms with Crippen molar-refractivity contribution in [3.63, 3.8) is 0 Å². The van der Waals surface area contributed by atoms with Crippen LogP contribution in [0.15, 0.2) is 30.8 Å². The first-order chi connectivity index (χ1) is 11.1.